The molecule has 0 fully saturated rings. The van der Waals surface area contributed by atoms with Crippen LogP contribution in [0, 0.1) is 6.92 Å². The Kier molecular flexibility index (Phi) is 5.68. The largest absolute Gasteiger partial charge is 0.366 e. The number of anilines is 1. The minimum Gasteiger partial charge on any atom is -0.366 e. The Morgan fingerprint density at radius 3 is 2.70 bits per heavy atom. The molecule has 0 spiro atoms. The number of aromatic amines is 1. The lowest BCUT2D eigenvalue weighted by Crippen LogP contribution is -2.12. The van der Waals surface area contributed by atoms with E-state index in [4.69, 9.17) is 5.73 Å². The summed E-state index contributed by atoms with van der Waals surface area (Å²) in [7, 11) is 1.86. The third kappa shape index (κ3) is 4.13. The molecule has 2 aromatic carbocycles. The van der Waals surface area contributed by atoms with E-state index < -0.39 is 5.91 Å². The van der Waals surface area contributed by atoms with Gasteiger partial charge in [0.15, 0.2) is 0 Å². The molecule has 6 rings (SSSR count). The van der Waals surface area contributed by atoms with E-state index in [1.807, 2.05) is 50.5 Å². The molecule has 1 aliphatic carbocycles. The van der Waals surface area contributed by atoms with Crippen molar-refractivity contribution < 1.29 is 9.59 Å². The Bertz CT molecular complexity index is 1670. The molecule has 1 aliphatic rings. The molecule has 0 atom stereocenters. The minimum atomic E-state index is -0.493. The van der Waals surface area contributed by atoms with Gasteiger partial charge in [0.1, 0.15) is 0 Å². The summed E-state index contributed by atoms with van der Waals surface area (Å²) in [4.78, 5) is 30.8. The number of carbonyl (C=O) groups is 2. The maximum absolute atomic E-state index is 13.2. The molecule has 0 bridgehead atoms. The van der Waals surface area contributed by atoms with Gasteiger partial charge in [0.05, 0.1) is 22.2 Å². The van der Waals surface area contributed by atoms with Gasteiger partial charge < -0.3 is 16.0 Å². The number of fused-ring (bicyclic) bond motifs is 2. The van der Waals surface area contributed by atoms with Gasteiger partial charge in [0.2, 0.25) is 0 Å². The number of aromatic nitrogens is 3. The smallest absolute Gasteiger partial charge is 0.265 e. The predicted molar refractivity (Wildman–Crippen MR) is 148 cm³/mol. The lowest BCUT2D eigenvalue weighted by molar-refractivity contribution is 0.0999. The molecule has 0 saturated carbocycles. The number of rotatable bonds is 5. The van der Waals surface area contributed by atoms with Gasteiger partial charge in [0.25, 0.3) is 11.8 Å². The van der Waals surface area contributed by atoms with Crippen molar-refractivity contribution in [2.24, 2.45) is 12.8 Å². The average molecular weight is 510 g/mol. The van der Waals surface area contributed by atoms with Gasteiger partial charge >= 0.3 is 0 Å². The van der Waals surface area contributed by atoms with E-state index in [-0.39, 0.29) is 5.91 Å². The third-order valence-electron chi connectivity index (χ3n) is 7.17. The van der Waals surface area contributed by atoms with Gasteiger partial charge in [-0.2, -0.15) is 5.10 Å². The van der Waals surface area contributed by atoms with Gasteiger partial charge in [0, 0.05) is 40.5 Å². The van der Waals surface area contributed by atoms with Crippen LogP contribution in [0.2, 0.25) is 0 Å². The number of carbonyl (C=O) groups excluding carboxylic acids is 2. The molecule has 5 aromatic rings. The number of benzene rings is 2. The first-order chi connectivity index (χ1) is 17.9. The average Bonchev–Trinajstić information content (AvgIpc) is 3.62. The van der Waals surface area contributed by atoms with Crippen LogP contribution in [-0.2, 0) is 19.9 Å². The number of hydrogen-bond acceptors (Lipinski definition) is 4. The van der Waals surface area contributed by atoms with Crippen LogP contribution in [0.4, 0.5) is 5.69 Å². The minimum absolute atomic E-state index is 0.0746. The quantitative estimate of drug-likeness (QED) is 0.277. The Balaban J connectivity index is 1.40. The highest BCUT2D eigenvalue weighted by atomic mass is 32.1. The van der Waals surface area contributed by atoms with E-state index in [1.54, 1.807) is 28.3 Å². The topological polar surface area (TPSA) is 106 Å². The maximum atomic E-state index is 13.2. The predicted octanol–water partition coefficient (Wildman–Crippen LogP) is 5.84. The SMILES string of the molecule is Cc1c(NC(=O)c2cc3c(s2)CCCC3)cccc1-c1ccc(C(N)=O)c2[nH]c(-c3cnn(C)c3)cc12. The number of nitrogens with one attached hydrogen (secondary N) is 2. The van der Waals surface area contributed by atoms with Crippen LogP contribution in [0.3, 0.4) is 0 Å². The lowest BCUT2D eigenvalue weighted by atomic mass is 9.94. The molecule has 186 valence electrons. The van der Waals surface area contributed by atoms with Crippen molar-refractivity contribution in [2.45, 2.75) is 32.6 Å². The Morgan fingerprint density at radius 1 is 1.11 bits per heavy atom. The second-order valence-electron chi connectivity index (χ2n) is 9.60. The van der Waals surface area contributed by atoms with Crippen molar-refractivity contribution in [2.75, 3.05) is 5.32 Å². The molecule has 3 aromatic heterocycles. The molecular weight excluding hydrogens is 482 g/mol. The van der Waals surface area contributed by atoms with Crippen LogP contribution in [0.15, 0.2) is 54.9 Å². The van der Waals surface area contributed by atoms with Crippen molar-refractivity contribution in [1.82, 2.24) is 14.8 Å². The van der Waals surface area contributed by atoms with E-state index >= 15 is 0 Å². The number of primary amides is 1. The highest BCUT2D eigenvalue weighted by molar-refractivity contribution is 7.14. The number of hydrogen-bond donors (Lipinski definition) is 3. The second-order valence-corrected chi connectivity index (χ2v) is 10.7. The van der Waals surface area contributed by atoms with Crippen LogP contribution in [-0.4, -0.2) is 26.6 Å². The molecule has 2 amide bonds. The number of amides is 2. The highest BCUT2D eigenvalue weighted by Crippen LogP contribution is 2.38. The van der Waals surface area contributed by atoms with Crippen molar-refractivity contribution in [3.05, 3.63) is 81.3 Å². The monoisotopic (exact) mass is 509 g/mol. The van der Waals surface area contributed by atoms with E-state index in [0.29, 0.717) is 11.1 Å². The van der Waals surface area contributed by atoms with E-state index in [0.717, 1.165) is 56.7 Å². The van der Waals surface area contributed by atoms with Gasteiger partial charge in [-0.1, -0.05) is 18.2 Å². The summed E-state index contributed by atoms with van der Waals surface area (Å²) in [6, 6.07) is 13.7. The highest BCUT2D eigenvalue weighted by Gasteiger charge is 2.20. The molecule has 37 heavy (non-hydrogen) atoms. The summed E-state index contributed by atoms with van der Waals surface area (Å²) in [6.45, 7) is 2.01. The number of nitrogens with two attached hydrogens (primary N) is 1. The van der Waals surface area contributed by atoms with Gasteiger partial charge in [-0.3, -0.25) is 14.3 Å². The number of aryl methyl sites for hydroxylation is 3. The zero-order chi connectivity index (χ0) is 25.7. The van der Waals surface area contributed by atoms with Crippen molar-refractivity contribution in [3.63, 3.8) is 0 Å². The normalized spacial score (nSPS) is 13.0. The van der Waals surface area contributed by atoms with Crippen LogP contribution in [0.5, 0.6) is 0 Å². The molecule has 0 aliphatic heterocycles. The number of thiophene rings is 1. The summed E-state index contributed by atoms with van der Waals surface area (Å²) in [6.07, 6.45) is 8.20. The standard InChI is InChI=1S/C29H27N5O2S/c1-16-19(7-5-8-23(16)33-29(36)26-12-17-6-3-4-9-25(17)37-26)20-10-11-21(28(30)35)27-22(20)13-24(32-27)18-14-31-34(2)15-18/h5,7-8,10-15,32H,3-4,6,9H2,1-2H3,(H2,30,35)(H,33,36). The van der Waals surface area contributed by atoms with Crippen molar-refractivity contribution in [1.29, 1.82) is 0 Å². The Hall–Kier alpha value is -4.17. The summed E-state index contributed by atoms with van der Waals surface area (Å²) in [5, 5.41) is 8.28. The van der Waals surface area contributed by atoms with Crippen LogP contribution < -0.4 is 11.1 Å². The van der Waals surface area contributed by atoms with Crippen LogP contribution in [0.25, 0.3) is 33.3 Å². The zero-order valence-corrected chi connectivity index (χ0v) is 21.5. The first kappa shape index (κ1) is 23.2. The fraction of sp³-hybridized carbons (Fsp3) is 0.207. The summed E-state index contributed by atoms with van der Waals surface area (Å²) >= 11 is 1.61. The number of nitrogens with zero attached hydrogens (tertiary/aromatic N) is 2. The first-order valence-corrected chi connectivity index (χ1v) is 13.2. The molecule has 0 saturated heterocycles. The number of H-pyrrole nitrogens is 1. The maximum Gasteiger partial charge on any atom is 0.265 e. The Labute approximate surface area is 218 Å². The lowest BCUT2D eigenvalue weighted by Gasteiger charge is -2.14. The summed E-state index contributed by atoms with van der Waals surface area (Å²) in [5.74, 6) is -0.568. The molecular formula is C29H27N5O2S. The van der Waals surface area contributed by atoms with Gasteiger partial charge in [-0.25, -0.2) is 0 Å². The van der Waals surface area contributed by atoms with Crippen molar-refractivity contribution >= 4 is 39.7 Å². The third-order valence-corrected chi connectivity index (χ3v) is 8.40. The van der Waals surface area contributed by atoms with Gasteiger partial charge in [-0.15, -0.1) is 11.3 Å². The van der Waals surface area contributed by atoms with Crippen molar-refractivity contribution in [3.8, 4) is 22.4 Å². The van der Waals surface area contributed by atoms with Gasteiger partial charge in [-0.05, 0) is 79.1 Å². The molecule has 0 radical (unpaired) electrons. The van der Waals surface area contributed by atoms with Crippen LogP contribution >= 0.6 is 11.3 Å². The van der Waals surface area contributed by atoms with E-state index in [2.05, 4.69) is 21.5 Å². The molecule has 3 heterocycles. The zero-order valence-electron chi connectivity index (χ0n) is 20.7. The molecule has 7 nitrogen and oxygen atoms in total. The fourth-order valence-electron chi connectivity index (χ4n) is 5.22. The first-order valence-electron chi connectivity index (χ1n) is 12.4. The van der Waals surface area contributed by atoms with Crippen LogP contribution in [0.1, 0.15) is 48.9 Å². The molecule has 8 heteroatoms. The molecule has 4 N–H and O–H groups in total. The second kappa shape index (κ2) is 9.05. The van der Waals surface area contributed by atoms with E-state index in [1.165, 1.54) is 23.3 Å². The molecule has 0 unspecified atom stereocenters. The summed E-state index contributed by atoms with van der Waals surface area (Å²) < 4.78 is 1.73. The Morgan fingerprint density at radius 2 is 1.95 bits per heavy atom. The van der Waals surface area contributed by atoms with E-state index in [9.17, 15) is 9.59 Å². The fourth-order valence-corrected chi connectivity index (χ4v) is 6.37. The summed E-state index contributed by atoms with van der Waals surface area (Å²) in [5.41, 5.74) is 13.5.